The molecule has 2 aromatic rings. The van der Waals surface area contributed by atoms with Gasteiger partial charge >= 0.3 is 0 Å². The van der Waals surface area contributed by atoms with E-state index in [4.69, 9.17) is 23.2 Å². The summed E-state index contributed by atoms with van der Waals surface area (Å²) in [6.07, 6.45) is 2.51. The molecule has 232 valence electrons. The fourth-order valence-electron chi connectivity index (χ4n) is 5.78. The van der Waals surface area contributed by atoms with Crippen molar-refractivity contribution in [2.75, 3.05) is 11.9 Å². The number of amides is 4. The van der Waals surface area contributed by atoms with Crippen LogP contribution in [-0.2, 0) is 32.1 Å². The highest BCUT2D eigenvalue weighted by Gasteiger charge is 2.38. The van der Waals surface area contributed by atoms with Crippen molar-refractivity contribution in [3.05, 3.63) is 63.1 Å². The molecule has 1 saturated heterocycles. The highest BCUT2D eigenvalue weighted by molar-refractivity contribution is 6.42. The molecule has 8 nitrogen and oxygen atoms in total. The number of halogens is 4. The maximum Gasteiger partial charge on any atom is 0.247 e. The summed E-state index contributed by atoms with van der Waals surface area (Å²) in [7, 11) is 0. The van der Waals surface area contributed by atoms with E-state index in [9.17, 15) is 28.0 Å². The molecule has 1 fully saturated rings. The molecule has 43 heavy (non-hydrogen) atoms. The second-order valence-electron chi connectivity index (χ2n) is 11.7. The van der Waals surface area contributed by atoms with Gasteiger partial charge in [-0.1, -0.05) is 42.6 Å². The lowest BCUT2D eigenvalue weighted by molar-refractivity contribution is -0.144. The van der Waals surface area contributed by atoms with Crippen molar-refractivity contribution in [2.45, 2.75) is 89.9 Å². The normalized spacial score (nSPS) is 18.2. The first-order valence-corrected chi connectivity index (χ1v) is 15.2. The van der Waals surface area contributed by atoms with Crippen molar-refractivity contribution in [3.63, 3.8) is 0 Å². The Labute approximate surface area is 260 Å². The molecular formula is C31H36Cl2F2N4O4. The Kier molecular flexibility index (Phi) is 10.3. The van der Waals surface area contributed by atoms with Gasteiger partial charge in [0.2, 0.25) is 23.6 Å². The SMILES string of the molecule is CCC[C@H](NC(=O)[C@@H]1Cc2ccc(F)cc2CN1C(=O)CCC(=O)N1CCCC1(C)C)C(=O)Nc1ccc(Cl)c(Cl)c1F. The minimum atomic E-state index is -1.04. The van der Waals surface area contributed by atoms with Gasteiger partial charge in [-0.3, -0.25) is 19.2 Å². The predicted octanol–water partition coefficient (Wildman–Crippen LogP) is 5.63. The lowest BCUT2D eigenvalue weighted by Gasteiger charge is -2.37. The van der Waals surface area contributed by atoms with Gasteiger partial charge in [-0.05, 0) is 68.5 Å². The van der Waals surface area contributed by atoms with Gasteiger partial charge in [0.1, 0.15) is 17.9 Å². The summed E-state index contributed by atoms with van der Waals surface area (Å²) < 4.78 is 28.6. The lowest BCUT2D eigenvalue weighted by atomic mass is 9.92. The topological polar surface area (TPSA) is 98.8 Å². The number of hydrogen-bond donors (Lipinski definition) is 2. The van der Waals surface area contributed by atoms with Crippen molar-refractivity contribution in [2.24, 2.45) is 0 Å². The summed E-state index contributed by atoms with van der Waals surface area (Å²) in [5, 5.41) is 4.83. The van der Waals surface area contributed by atoms with E-state index in [1.807, 2.05) is 20.8 Å². The molecular weight excluding hydrogens is 601 g/mol. The quantitative estimate of drug-likeness (QED) is 0.349. The molecule has 2 N–H and O–H groups in total. The highest BCUT2D eigenvalue weighted by atomic mass is 35.5. The summed E-state index contributed by atoms with van der Waals surface area (Å²) in [4.78, 5) is 56.4. The number of nitrogens with zero attached hydrogens (tertiary/aromatic N) is 2. The summed E-state index contributed by atoms with van der Waals surface area (Å²) >= 11 is 11.7. The Bertz CT molecular complexity index is 1420. The molecule has 0 spiro atoms. The molecule has 4 amide bonds. The molecule has 4 rings (SSSR count). The average Bonchev–Trinajstić information content (AvgIpc) is 3.33. The van der Waals surface area contributed by atoms with Crippen molar-refractivity contribution >= 4 is 52.5 Å². The molecule has 0 aliphatic carbocycles. The number of hydrogen-bond acceptors (Lipinski definition) is 4. The molecule has 0 radical (unpaired) electrons. The third-order valence-corrected chi connectivity index (χ3v) is 8.96. The highest BCUT2D eigenvalue weighted by Crippen LogP contribution is 2.31. The molecule has 0 bridgehead atoms. The maximum absolute atomic E-state index is 14.6. The van der Waals surface area contributed by atoms with Crippen LogP contribution >= 0.6 is 23.2 Å². The molecule has 2 atom stereocenters. The van der Waals surface area contributed by atoms with Crippen molar-refractivity contribution in [3.8, 4) is 0 Å². The summed E-state index contributed by atoms with van der Waals surface area (Å²) in [6.45, 7) is 6.43. The second kappa shape index (κ2) is 13.6. The molecule has 2 aliphatic rings. The van der Waals surface area contributed by atoms with Crippen LogP contribution in [0.1, 0.15) is 70.4 Å². The molecule has 0 saturated carbocycles. The maximum atomic E-state index is 14.6. The van der Waals surface area contributed by atoms with Crippen LogP contribution in [-0.4, -0.2) is 57.6 Å². The zero-order valence-corrected chi connectivity index (χ0v) is 26.0. The van der Waals surface area contributed by atoms with E-state index in [0.29, 0.717) is 24.1 Å². The first-order chi connectivity index (χ1) is 20.3. The van der Waals surface area contributed by atoms with Gasteiger partial charge in [-0.2, -0.15) is 0 Å². The molecule has 2 aromatic carbocycles. The van der Waals surface area contributed by atoms with Gasteiger partial charge in [0.05, 0.1) is 15.7 Å². The van der Waals surface area contributed by atoms with Crippen LogP contribution in [0.3, 0.4) is 0 Å². The van der Waals surface area contributed by atoms with Crippen molar-refractivity contribution < 1.29 is 28.0 Å². The van der Waals surface area contributed by atoms with Gasteiger partial charge in [0.15, 0.2) is 5.82 Å². The number of carbonyl (C=O) groups excluding carboxylic acids is 4. The number of carbonyl (C=O) groups is 4. The Morgan fingerprint density at radius 1 is 1.05 bits per heavy atom. The first kappa shape index (κ1) is 32.7. The van der Waals surface area contributed by atoms with Crippen LogP contribution < -0.4 is 10.6 Å². The van der Waals surface area contributed by atoms with Crippen LogP contribution in [0.5, 0.6) is 0 Å². The van der Waals surface area contributed by atoms with Crippen LogP contribution in [0.15, 0.2) is 30.3 Å². The van der Waals surface area contributed by atoms with Crippen LogP contribution in [0.4, 0.5) is 14.5 Å². The van der Waals surface area contributed by atoms with Gasteiger partial charge in [0.25, 0.3) is 0 Å². The van der Waals surface area contributed by atoms with E-state index in [-0.39, 0.29) is 59.4 Å². The Morgan fingerprint density at radius 2 is 1.77 bits per heavy atom. The smallest absolute Gasteiger partial charge is 0.247 e. The zero-order chi connectivity index (χ0) is 31.5. The summed E-state index contributed by atoms with van der Waals surface area (Å²) in [6, 6.07) is 4.78. The largest absolute Gasteiger partial charge is 0.342 e. The molecule has 0 aromatic heterocycles. The van der Waals surface area contributed by atoms with E-state index >= 15 is 0 Å². The molecule has 12 heteroatoms. The number of fused-ring (bicyclic) bond motifs is 1. The standard InChI is InChI=1S/C31H36Cl2F2N4O4/c1-4-6-23(29(42)36-22-10-9-21(32)27(33)28(22)35)37-30(43)24-16-18-7-8-20(34)15-19(18)17-38(24)25(40)11-12-26(41)39-14-5-13-31(39,2)3/h7-10,15,23-24H,4-6,11-14,16-17H2,1-3H3,(H,36,42)(H,37,43)/t23-,24-/m0/s1. The number of nitrogens with one attached hydrogen (secondary N) is 2. The lowest BCUT2D eigenvalue weighted by Crippen LogP contribution is -2.56. The molecule has 0 unspecified atom stereocenters. The second-order valence-corrected chi connectivity index (χ2v) is 12.5. The summed E-state index contributed by atoms with van der Waals surface area (Å²) in [5.74, 6) is -3.16. The monoisotopic (exact) mass is 636 g/mol. The minimum absolute atomic E-state index is 0.0105. The fourth-order valence-corrected chi connectivity index (χ4v) is 6.09. The molecule has 2 heterocycles. The van der Waals surface area contributed by atoms with Gasteiger partial charge in [0, 0.05) is 37.9 Å². The van der Waals surface area contributed by atoms with Gasteiger partial charge in [-0.25, -0.2) is 8.78 Å². The molecule has 2 aliphatic heterocycles. The van der Waals surface area contributed by atoms with Crippen LogP contribution in [0.25, 0.3) is 0 Å². The van der Waals surface area contributed by atoms with Crippen LogP contribution in [0.2, 0.25) is 10.0 Å². The van der Waals surface area contributed by atoms with Crippen molar-refractivity contribution in [1.29, 1.82) is 0 Å². The predicted molar refractivity (Wildman–Crippen MR) is 161 cm³/mol. The Balaban J connectivity index is 1.51. The first-order valence-electron chi connectivity index (χ1n) is 14.4. The van der Waals surface area contributed by atoms with E-state index in [1.165, 1.54) is 29.2 Å². The van der Waals surface area contributed by atoms with Gasteiger partial charge < -0.3 is 20.4 Å². The number of likely N-dealkylation sites (tertiary alicyclic amines) is 1. The van der Waals surface area contributed by atoms with Crippen LogP contribution in [0, 0.1) is 11.6 Å². The fraction of sp³-hybridized carbons (Fsp3) is 0.484. The van der Waals surface area contributed by atoms with Crippen molar-refractivity contribution in [1.82, 2.24) is 15.1 Å². The average molecular weight is 638 g/mol. The third-order valence-electron chi connectivity index (χ3n) is 8.18. The van der Waals surface area contributed by atoms with Gasteiger partial charge in [-0.15, -0.1) is 0 Å². The number of benzene rings is 2. The van der Waals surface area contributed by atoms with E-state index in [1.54, 1.807) is 11.0 Å². The number of rotatable bonds is 9. The minimum Gasteiger partial charge on any atom is -0.342 e. The number of anilines is 1. The zero-order valence-electron chi connectivity index (χ0n) is 24.4. The van der Waals surface area contributed by atoms with E-state index < -0.39 is 41.4 Å². The third kappa shape index (κ3) is 7.47. The van der Waals surface area contributed by atoms with E-state index in [0.717, 1.165) is 12.8 Å². The Morgan fingerprint density at radius 3 is 2.44 bits per heavy atom. The van der Waals surface area contributed by atoms with E-state index in [2.05, 4.69) is 10.6 Å². The Hall–Kier alpha value is -3.24. The summed E-state index contributed by atoms with van der Waals surface area (Å²) in [5.41, 5.74) is 0.808.